The molecule has 1 unspecified atom stereocenters. The zero-order valence-corrected chi connectivity index (χ0v) is 46.7. The summed E-state index contributed by atoms with van der Waals surface area (Å²) in [6.07, 6.45) is 9.94. The molecule has 6 aromatic rings. The van der Waals surface area contributed by atoms with Gasteiger partial charge in [-0.05, 0) is 92.2 Å². The molecule has 0 amide bonds. The van der Waals surface area contributed by atoms with Crippen LogP contribution in [0.5, 0.6) is 0 Å². The molecule has 2 aliphatic carbocycles. The van der Waals surface area contributed by atoms with E-state index in [0.29, 0.717) is 11.3 Å². The van der Waals surface area contributed by atoms with E-state index in [1.807, 2.05) is 0 Å². The first-order chi connectivity index (χ1) is 30.0. The maximum atomic E-state index is 4.01. The molecule has 0 aliphatic heterocycles. The zero-order valence-electron chi connectivity index (χ0n) is 42.7. The molecule has 0 aromatic heterocycles. The molecule has 0 heterocycles. The number of halogens is 2. The quantitative estimate of drug-likeness (QED) is 0.151. The van der Waals surface area contributed by atoms with E-state index < -0.39 is 0 Å². The summed E-state index contributed by atoms with van der Waals surface area (Å²) in [5.74, 6) is 0.573. The molecule has 0 N–H and O–H groups in total. The predicted octanol–water partition coefficient (Wildman–Crippen LogP) is 11.0. The topological polar surface area (TPSA) is 0 Å². The fourth-order valence-corrected chi connectivity index (χ4v) is 10.4. The monoisotopic (exact) mass is 988 g/mol. The van der Waals surface area contributed by atoms with Gasteiger partial charge in [0.2, 0.25) is 0 Å². The Morgan fingerprint density at radius 2 is 1.02 bits per heavy atom. The normalized spacial score (nSPS) is 13.8. The van der Waals surface area contributed by atoms with Gasteiger partial charge < -0.3 is 24.8 Å². The van der Waals surface area contributed by atoms with Crippen LogP contribution in [0.2, 0.25) is 0 Å². The van der Waals surface area contributed by atoms with Crippen molar-refractivity contribution in [2.24, 2.45) is 11.3 Å². The average molecular weight is 991 g/mol. The first-order valence-electron chi connectivity index (χ1n) is 23.4. The third-order valence-electron chi connectivity index (χ3n) is 12.8. The second-order valence-corrected chi connectivity index (χ2v) is 22.8. The number of rotatable bonds is 5. The van der Waals surface area contributed by atoms with Crippen molar-refractivity contribution in [3.8, 4) is 33.4 Å². The molecule has 0 saturated carbocycles. The second kappa shape index (κ2) is 22.0. The van der Waals surface area contributed by atoms with Crippen LogP contribution in [0.25, 0.3) is 33.4 Å². The summed E-state index contributed by atoms with van der Waals surface area (Å²) in [4.78, 5) is 0. The van der Waals surface area contributed by atoms with Crippen molar-refractivity contribution in [1.82, 2.24) is 0 Å². The Balaban J connectivity index is 0.000000287. The zero-order chi connectivity index (χ0) is 46.9. The van der Waals surface area contributed by atoms with Crippen LogP contribution in [-0.2, 0) is 41.5 Å². The summed E-state index contributed by atoms with van der Waals surface area (Å²) in [5.41, 5.74) is 26.3. The van der Waals surface area contributed by atoms with Crippen molar-refractivity contribution in [1.29, 1.82) is 0 Å². The van der Waals surface area contributed by atoms with Crippen LogP contribution < -0.4 is 24.8 Å². The molecule has 2 aliphatic rings. The van der Waals surface area contributed by atoms with Gasteiger partial charge in [-0.1, -0.05) is 162 Å². The minimum absolute atomic E-state index is 0. The van der Waals surface area contributed by atoms with E-state index in [2.05, 4.69) is 238 Å². The molecule has 0 saturated heterocycles. The van der Waals surface area contributed by atoms with Crippen molar-refractivity contribution < 1.29 is 49.0 Å². The number of benzene rings is 6. The molecule has 0 bridgehead atoms. The van der Waals surface area contributed by atoms with Crippen LogP contribution in [0.1, 0.15) is 142 Å². The van der Waals surface area contributed by atoms with Crippen molar-refractivity contribution in [2.45, 2.75) is 134 Å². The van der Waals surface area contributed by atoms with E-state index in [-0.39, 0.29) is 35.6 Å². The van der Waals surface area contributed by atoms with E-state index in [9.17, 15) is 0 Å². The Bertz CT molecular complexity index is 2520. The van der Waals surface area contributed by atoms with E-state index in [1.54, 1.807) is 0 Å². The molecular formula is C63H72Cl2Zr-2. The summed E-state index contributed by atoms with van der Waals surface area (Å²) in [6.45, 7) is 36.5. The van der Waals surface area contributed by atoms with Gasteiger partial charge in [-0.25, -0.2) is 6.08 Å². The second-order valence-electron chi connectivity index (χ2n) is 21.5. The molecule has 6 aromatic carbocycles. The first-order valence-corrected chi connectivity index (χ1v) is 24.7. The van der Waals surface area contributed by atoms with Crippen LogP contribution in [0, 0.1) is 65.0 Å². The summed E-state index contributed by atoms with van der Waals surface area (Å²) in [7, 11) is 0. The van der Waals surface area contributed by atoms with E-state index in [1.165, 1.54) is 140 Å². The number of hydrogen-bond donors (Lipinski definition) is 0. The van der Waals surface area contributed by atoms with Crippen molar-refractivity contribution >= 4 is 3.21 Å². The third kappa shape index (κ3) is 12.6. The van der Waals surface area contributed by atoms with E-state index in [4.69, 9.17) is 0 Å². The van der Waals surface area contributed by atoms with Gasteiger partial charge in [0, 0.05) is 0 Å². The molecule has 1 atom stereocenters. The number of fused-ring (bicyclic) bond motifs is 3. The molecule has 0 spiro atoms. The standard InChI is InChI=1S/C39H45.C13H10.C11H17.2ClH.Zr/c1-22-13-24(3)36(25(4)14-22)32-18-28-17-29-19-33(37-26(5)15-23(2)16-27(37)6)35(39(10,11)12)21-31(29)30(28)20-34(32)38(7,8)9;1-3-7-12(8-4-1)11-13-9-5-2-6-10-13;1-5-9-6-7-10(8-9)11(2,3)4;;;/h13-16,18,20-21H,17H2,1-12H3;1-10H;7-9H,5H2,1-4H3;2*1H;/q-1;;-1;;;+2/p-2. The molecule has 0 radical (unpaired) electrons. The first kappa shape index (κ1) is 54.7. The molecule has 3 heteroatoms. The Kier molecular flexibility index (Phi) is 18.3. The van der Waals surface area contributed by atoms with Gasteiger partial charge >= 0.3 is 99.2 Å². The van der Waals surface area contributed by atoms with E-state index in [0.717, 1.165) is 6.42 Å². The van der Waals surface area contributed by atoms with Gasteiger partial charge in [-0.3, -0.25) is 6.08 Å². The van der Waals surface area contributed by atoms with Crippen LogP contribution in [0.15, 0.2) is 121 Å². The maximum absolute atomic E-state index is 4.01. The molecule has 0 fully saturated rings. The van der Waals surface area contributed by atoms with Crippen LogP contribution in [-0.4, -0.2) is 3.21 Å². The molecule has 66 heavy (non-hydrogen) atoms. The Morgan fingerprint density at radius 1 is 0.561 bits per heavy atom. The fourth-order valence-electron chi connectivity index (χ4n) is 9.58. The van der Waals surface area contributed by atoms with Gasteiger partial charge in [-0.15, -0.1) is 28.8 Å². The average Bonchev–Trinajstić information content (AvgIpc) is 3.85. The summed E-state index contributed by atoms with van der Waals surface area (Å²) >= 11 is 1.46. The Labute approximate surface area is 428 Å². The number of hydrogen-bond acceptors (Lipinski definition) is 0. The van der Waals surface area contributed by atoms with Gasteiger partial charge in [0.1, 0.15) is 0 Å². The number of allylic oxidation sites excluding steroid dienone is 4. The summed E-state index contributed by atoms with van der Waals surface area (Å²) in [6, 6.07) is 41.9. The third-order valence-corrected chi connectivity index (χ3v) is 14.2. The fraction of sp³-hybridized carbons (Fsp3) is 0.349. The van der Waals surface area contributed by atoms with Crippen molar-refractivity contribution in [3.05, 3.63) is 200 Å². The van der Waals surface area contributed by atoms with Crippen molar-refractivity contribution in [2.75, 3.05) is 0 Å². The predicted molar refractivity (Wildman–Crippen MR) is 275 cm³/mol. The van der Waals surface area contributed by atoms with Crippen LogP contribution in [0.3, 0.4) is 0 Å². The number of aryl methyl sites for hydroxylation is 6. The Morgan fingerprint density at radius 3 is 1.42 bits per heavy atom. The van der Waals surface area contributed by atoms with Crippen LogP contribution in [0.4, 0.5) is 0 Å². The summed E-state index contributed by atoms with van der Waals surface area (Å²) in [5, 5.41) is 0. The molecule has 8 rings (SSSR count). The molecule has 0 nitrogen and oxygen atoms in total. The molecule has 344 valence electrons. The van der Waals surface area contributed by atoms with Gasteiger partial charge in [0.15, 0.2) is 0 Å². The van der Waals surface area contributed by atoms with Gasteiger partial charge in [0.25, 0.3) is 0 Å². The molecular weight excluding hydrogens is 919 g/mol. The minimum atomic E-state index is 0. The van der Waals surface area contributed by atoms with Crippen LogP contribution >= 0.6 is 0 Å². The van der Waals surface area contributed by atoms with Gasteiger partial charge in [0.05, 0.1) is 0 Å². The van der Waals surface area contributed by atoms with Crippen molar-refractivity contribution in [3.63, 3.8) is 0 Å². The SMILES string of the molecule is CCC1[C-]=CC(C(C)(C)C)=C1.Cc1cc(C)c(-c2[c-]c3c(cc2C(C)(C)C)-c2cc(C(C)(C)C)c(-c4c(C)cc(C)cc4C)cc2C3)c(C)c1.[Cl-].[Cl-].[Zr+2]=[C](c1ccccc1)c1ccccc1. The van der Waals surface area contributed by atoms with Gasteiger partial charge in [-0.2, -0.15) is 11.6 Å². The summed E-state index contributed by atoms with van der Waals surface area (Å²) < 4.78 is 1.42. The van der Waals surface area contributed by atoms with E-state index >= 15 is 0 Å². The Hall–Kier alpha value is -3.87.